The van der Waals surface area contributed by atoms with Crippen molar-refractivity contribution in [3.63, 3.8) is 0 Å². The molecule has 0 spiro atoms. The van der Waals surface area contributed by atoms with Crippen LogP contribution in [0.15, 0.2) is 40.9 Å². The number of ether oxygens (including phenoxy) is 1. The molecule has 0 unspecified atom stereocenters. The maximum Gasteiger partial charge on any atom is 0.119 e. The normalized spacial score (nSPS) is 10.3. The van der Waals surface area contributed by atoms with E-state index in [2.05, 4.69) is 53.3 Å². The summed E-state index contributed by atoms with van der Waals surface area (Å²) >= 11 is 3.56. The van der Waals surface area contributed by atoms with Crippen molar-refractivity contribution in [2.75, 3.05) is 12.4 Å². The zero-order valence-corrected chi connectivity index (χ0v) is 13.0. The molecule has 2 nitrogen and oxygen atoms in total. The molecular formula is C16H18BrNO. The van der Waals surface area contributed by atoms with Crippen LogP contribution in [0.2, 0.25) is 0 Å². The van der Waals surface area contributed by atoms with Gasteiger partial charge in [0.15, 0.2) is 0 Å². The second-order valence-corrected chi connectivity index (χ2v) is 5.46. The van der Waals surface area contributed by atoms with Gasteiger partial charge in [0, 0.05) is 16.7 Å². The molecule has 0 fully saturated rings. The number of benzene rings is 2. The molecule has 0 bridgehead atoms. The molecule has 0 heterocycles. The monoisotopic (exact) mass is 319 g/mol. The quantitative estimate of drug-likeness (QED) is 0.883. The third kappa shape index (κ3) is 3.51. The lowest BCUT2D eigenvalue weighted by Crippen LogP contribution is -2.01. The average molecular weight is 320 g/mol. The van der Waals surface area contributed by atoms with Crippen molar-refractivity contribution in [2.24, 2.45) is 0 Å². The molecule has 100 valence electrons. The van der Waals surface area contributed by atoms with E-state index in [9.17, 15) is 0 Å². The van der Waals surface area contributed by atoms with Crippen LogP contribution < -0.4 is 10.1 Å². The fraction of sp³-hybridized carbons (Fsp3) is 0.250. The Morgan fingerprint density at radius 1 is 1.05 bits per heavy atom. The largest absolute Gasteiger partial charge is 0.497 e. The van der Waals surface area contributed by atoms with Gasteiger partial charge in [0.25, 0.3) is 0 Å². The summed E-state index contributed by atoms with van der Waals surface area (Å²) in [6.45, 7) is 5.01. The molecule has 0 atom stereocenters. The molecule has 2 rings (SSSR count). The van der Waals surface area contributed by atoms with Gasteiger partial charge in [0.2, 0.25) is 0 Å². The van der Waals surface area contributed by atoms with Crippen LogP contribution in [0.1, 0.15) is 16.7 Å². The molecule has 0 amide bonds. The van der Waals surface area contributed by atoms with Gasteiger partial charge >= 0.3 is 0 Å². The van der Waals surface area contributed by atoms with Gasteiger partial charge in [-0.25, -0.2) is 0 Å². The second kappa shape index (κ2) is 6.11. The summed E-state index contributed by atoms with van der Waals surface area (Å²) in [5, 5.41) is 3.44. The molecule has 0 aliphatic rings. The molecule has 2 aromatic rings. The first kappa shape index (κ1) is 13.9. The minimum Gasteiger partial charge on any atom is -0.497 e. The Morgan fingerprint density at radius 2 is 1.84 bits per heavy atom. The standard InChI is InChI=1S/C16H18BrNO/c1-11-4-5-14(8-12(11)2)18-10-13-9-15(19-3)6-7-16(13)17/h4-9,18H,10H2,1-3H3. The third-order valence-corrected chi connectivity index (χ3v) is 4.02. The highest BCUT2D eigenvalue weighted by atomic mass is 79.9. The van der Waals surface area contributed by atoms with Crippen molar-refractivity contribution in [3.8, 4) is 5.75 Å². The van der Waals surface area contributed by atoms with E-state index in [4.69, 9.17) is 4.74 Å². The van der Waals surface area contributed by atoms with Crippen molar-refractivity contribution in [1.29, 1.82) is 0 Å². The van der Waals surface area contributed by atoms with Crippen molar-refractivity contribution in [3.05, 3.63) is 57.6 Å². The number of hydrogen-bond donors (Lipinski definition) is 1. The summed E-state index contributed by atoms with van der Waals surface area (Å²) in [4.78, 5) is 0. The van der Waals surface area contributed by atoms with E-state index in [0.29, 0.717) is 0 Å². The summed E-state index contributed by atoms with van der Waals surface area (Å²) in [6.07, 6.45) is 0. The lowest BCUT2D eigenvalue weighted by molar-refractivity contribution is 0.414. The summed E-state index contributed by atoms with van der Waals surface area (Å²) < 4.78 is 6.34. The predicted octanol–water partition coefficient (Wildman–Crippen LogP) is 4.69. The Balaban J connectivity index is 2.11. The van der Waals surface area contributed by atoms with Gasteiger partial charge in [0.1, 0.15) is 5.75 Å². The lowest BCUT2D eigenvalue weighted by Gasteiger charge is -2.11. The highest BCUT2D eigenvalue weighted by molar-refractivity contribution is 9.10. The topological polar surface area (TPSA) is 21.3 Å². The molecule has 0 saturated heterocycles. The maximum absolute atomic E-state index is 5.25. The zero-order chi connectivity index (χ0) is 13.8. The smallest absolute Gasteiger partial charge is 0.119 e. The zero-order valence-electron chi connectivity index (χ0n) is 11.5. The third-order valence-electron chi connectivity index (χ3n) is 3.24. The highest BCUT2D eigenvalue weighted by Crippen LogP contribution is 2.24. The van der Waals surface area contributed by atoms with Crippen LogP contribution in [-0.2, 0) is 6.54 Å². The molecule has 19 heavy (non-hydrogen) atoms. The molecule has 0 aromatic heterocycles. The van der Waals surface area contributed by atoms with Crippen molar-refractivity contribution in [1.82, 2.24) is 0 Å². The number of hydrogen-bond acceptors (Lipinski definition) is 2. The summed E-state index contributed by atoms with van der Waals surface area (Å²) in [6, 6.07) is 12.4. The molecule has 0 aliphatic carbocycles. The molecule has 0 aliphatic heterocycles. The average Bonchev–Trinajstić information content (AvgIpc) is 2.41. The van der Waals surface area contributed by atoms with Crippen LogP contribution in [-0.4, -0.2) is 7.11 Å². The van der Waals surface area contributed by atoms with E-state index in [0.717, 1.165) is 22.5 Å². The number of halogens is 1. The first-order valence-electron chi connectivity index (χ1n) is 6.23. The lowest BCUT2D eigenvalue weighted by atomic mass is 10.1. The first-order chi connectivity index (χ1) is 9.10. The Bertz CT molecular complexity index is 581. The van der Waals surface area contributed by atoms with Crippen molar-refractivity contribution >= 4 is 21.6 Å². The number of nitrogens with one attached hydrogen (secondary N) is 1. The first-order valence-corrected chi connectivity index (χ1v) is 7.03. The van der Waals surface area contributed by atoms with E-state index < -0.39 is 0 Å². The number of aryl methyl sites for hydroxylation is 2. The van der Waals surface area contributed by atoms with Crippen LogP contribution in [0.5, 0.6) is 5.75 Å². The SMILES string of the molecule is COc1ccc(Br)c(CNc2ccc(C)c(C)c2)c1. The van der Waals surface area contributed by atoms with Gasteiger partial charge < -0.3 is 10.1 Å². The Labute approximate surface area is 122 Å². The van der Waals surface area contributed by atoms with Gasteiger partial charge in [0.05, 0.1) is 7.11 Å². The van der Waals surface area contributed by atoms with Gasteiger partial charge in [-0.1, -0.05) is 22.0 Å². The minimum atomic E-state index is 0.764. The van der Waals surface area contributed by atoms with Gasteiger partial charge in [-0.05, 0) is 60.9 Å². The van der Waals surface area contributed by atoms with Crippen molar-refractivity contribution in [2.45, 2.75) is 20.4 Å². The van der Waals surface area contributed by atoms with Crippen LogP contribution in [0.25, 0.3) is 0 Å². The Hall–Kier alpha value is -1.48. The summed E-state index contributed by atoms with van der Waals surface area (Å²) in [5.41, 5.74) is 4.93. The van der Waals surface area contributed by atoms with E-state index in [1.807, 2.05) is 18.2 Å². The summed E-state index contributed by atoms with van der Waals surface area (Å²) in [7, 11) is 1.68. The fourth-order valence-corrected chi connectivity index (χ4v) is 2.25. The molecule has 1 N–H and O–H groups in total. The number of methoxy groups -OCH3 is 1. The van der Waals surface area contributed by atoms with Crippen LogP contribution in [0.3, 0.4) is 0 Å². The predicted molar refractivity (Wildman–Crippen MR) is 83.9 cm³/mol. The van der Waals surface area contributed by atoms with Crippen molar-refractivity contribution < 1.29 is 4.74 Å². The van der Waals surface area contributed by atoms with Gasteiger partial charge in [-0.15, -0.1) is 0 Å². The van der Waals surface area contributed by atoms with Gasteiger partial charge in [-0.2, -0.15) is 0 Å². The van der Waals surface area contributed by atoms with Gasteiger partial charge in [-0.3, -0.25) is 0 Å². The van der Waals surface area contributed by atoms with E-state index in [1.54, 1.807) is 7.11 Å². The van der Waals surface area contributed by atoms with E-state index in [-0.39, 0.29) is 0 Å². The van der Waals surface area contributed by atoms with Crippen LogP contribution >= 0.6 is 15.9 Å². The molecule has 3 heteroatoms. The summed E-state index contributed by atoms with van der Waals surface area (Å²) in [5.74, 6) is 0.875. The Kier molecular flexibility index (Phi) is 4.48. The fourth-order valence-electron chi connectivity index (χ4n) is 1.86. The molecule has 0 radical (unpaired) electrons. The van der Waals surface area contributed by atoms with Crippen LogP contribution in [0.4, 0.5) is 5.69 Å². The van der Waals surface area contributed by atoms with E-state index in [1.165, 1.54) is 16.7 Å². The second-order valence-electron chi connectivity index (χ2n) is 4.61. The number of rotatable bonds is 4. The van der Waals surface area contributed by atoms with Crippen LogP contribution in [0, 0.1) is 13.8 Å². The molecule has 2 aromatic carbocycles. The maximum atomic E-state index is 5.25. The van der Waals surface area contributed by atoms with E-state index >= 15 is 0 Å². The molecule has 0 saturated carbocycles. The molecular weight excluding hydrogens is 302 g/mol. The highest BCUT2D eigenvalue weighted by Gasteiger charge is 2.03. The Morgan fingerprint density at radius 3 is 2.53 bits per heavy atom. The minimum absolute atomic E-state index is 0.764. The number of anilines is 1.